The van der Waals surface area contributed by atoms with Gasteiger partial charge in [0.15, 0.2) is 0 Å². The molecule has 1 unspecified atom stereocenters. The monoisotopic (exact) mass is 507 g/mol. The SMILES string of the molecule is CCC(=O)NC1CN=C(Nc2ccc(Oc3ccc(CO)nc3)cc2)N(Cc2ccc(Cl)cc2)C1=O. The van der Waals surface area contributed by atoms with E-state index in [0.717, 1.165) is 5.56 Å². The number of aliphatic imine (C=N–C) groups is 1. The van der Waals surface area contributed by atoms with Crippen LogP contribution in [0.25, 0.3) is 0 Å². The van der Waals surface area contributed by atoms with E-state index in [4.69, 9.17) is 21.4 Å². The number of pyridine rings is 1. The summed E-state index contributed by atoms with van der Waals surface area (Å²) in [5, 5.41) is 15.7. The van der Waals surface area contributed by atoms with Gasteiger partial charge in [0, 0.05) is 17.1 Å². The lowest BCUT2D eigenvalue weighted by Gasteiger charge is -2.32. The molecule has 0 radical (unpaired) electrons. The van der Waals surface area contributed by atoms with Crippen LogP contribution in [-0.4, -0.2) is 45.4 Å². The lowest BCUT2D eigenvalue weighted by atomic mass is 10.1. The average molecular weight is 508 g/mol. The Labute approximate surface area is 213 Å². The highest BCUT2D eigenvalue weighted by Crippen LogP contribution is 2.23. The van der Waals surface area contributed by atoms with Crippen LogP contribution in [-0.2, 0) is 22.7 Å². The van der Waals surface area contributed by atoms with E-state index >= 15 is 0 Å². The number of ether oxygens (including phenoxy) is 1. The molecule has 2 heterocycles. The summed E-state index contributed by atoms with van der Waals surface area (Å²) in [7, 11) is 0. The number of benzene rings is 2. The first-order valence-electron chi connectivity index (χ1n) is 11.5. The first-order chi connectivity index (χ1) is 17.4. The number of carbonyl (C=O) groups is 2. The third kappa shape index (κ3) is 6.38. The molecular formula is C26H26ClN5O4. The molecule has 10 heteroatoms. The largest absolute Gasteiger partial charge is 0.456 e. The molecule has 1 atom stereocenters. The fourth-order valence-electron chi connectivity index (χ4n) is 3.51. The van der Waals surface area contributed by atoms with Crippen molar-refractivity contribution < 1.29 is 19.4 Å². The Balaban J connectivity index is 1.49. The predicted molar refractivity (Wildman–Crippen MR) is 137 cm³/mol. The van der Waals surface area contributed by atoms with Gasteiger partial charge >= 0.3 is 0 Å². The number of aliphatic hydroxyl groups is 1. The van der Waals surface area contributed by atoms with Gasteiger partial charge in [0.25, 0.3) is 5.91 Å². The third-order valence-electron chi connectivity index (χ3n) is 5.46. The first-order valence-corrected chi connectivity index (χ1v) is 11.8. The van der Waals surface area contributed by atoms with Crippen LogP contribution in [0.2, 0.25) is 5.02 Å². The van der Waals surface area contributed by atoms with Crippen LogP contribution in [0.3, 0.4) is 0 Å². The number of halogens is 1. The van der Waals surface area contributed by atoms with Gasteiger partial charge in [-0.05, 0) is 54.1 Å². The topological polar surface area (TPSA) is 116 Å². The van der Waals surface area contributed by atoms with Crippen LogP contribution in [0.15, 0.2) is 71.9 Å². The highest BCUT2D eigenvalue weighted by Gasteiger charge is 2.33. The molecule has 3 N–H and O–H groups in total. The maximum atomic E-state index is 13.3. The molecule has 3 aromatic rings. The first kappa shape index (κ1) is 25.2. The van der Waals surface area contributed by atoms with Crippen LogP contribution >= 0.6 is 11.6 Å². The number of anilines is 1. The molecule has 0 spiro atoms. The molecule has 186 valence electrons. The van der Waals surface area contributed by atoms with Crippen LogP contribution in [0.5, 0.6) is 11.5 Å². The van der Waals surface area contributed by atoms with Crippen molar-refractivity contribution in [1.29, 1.82) is 0 Å². The second-order valence-electron chi connectivity index (χ2n) is 8.08. The third-order valence-corrected chi connectivity index (χ3v) is 5.71. The molecule has 0 saturated carbocycles. The number of aromatic nitrogens is 1. The van der Waals surface area contributed by atoms with Gasteiger partial charge in [-0.3, -0.25) is 19.5 Å². The number of rotatable bonds is 8. The Morgan fingerprint density at radius 3 is 2.47 bits per heavy atom. The maximum absolute atomic E-state index is 13.3. The van der Waals surface area contributed by atoms with Crippen molar-refractivity contribution in [1.82, 2.24) is 15.2 Å². The maximum Gasteiger partial charge on any atom is 0.254 e. The van der Waals surface area contributed by atoms with E-state index in [9.17, 15) is 9.59 Å². The van der Waals surface area contributed by atoms with E-state index in [1.807, 2.05) is 24.3 Å². The van der Waals surface area contributed by atoms with Crippen molar-refractivity contribution in [2.24, 2.45) is 4.99 Å². The molecule has 0 aliphatic carbocycles. The summed E-state index contributed by atoms with van der Waals surface area (Å²) < 4.78 is 5.79. The van der Waals surface area contributed by atoms with Gasteiger partial charge in [-0.1, -0.05) is 30.7 Å². The number of amides is 2. The predicted octanol–water partition coefficient (Wildman–Crippen LogP) is 3.72. The summed E-state index contributed by atoms with van der Waals surface area (Å²) in [5.74, 6) is 1.08. The Hall–Kier alpha value is -3.95. The molecule has 1 aromatic heterocycles. The van der Waals surface area contributed by atoms with Crippen molar-refractivity contribution in [3.05, 3.63) is 83.1 Å². The second-order valence-corrected chi connectivity index (χ2v) is 8.52. The zero-order chi connectivity index (χ0) is 25.5. The Kier molecular flexibility index (Phi) is 8.14. The number of hydrogen-bond acceptors (Lipinski definition) is 7. The molecule has 2 amide bonds. The smallest absolute Gasteiger partial charge is 0.254 e. The number of nitrogens with one attached hydrogen (secondary N) is 2. The molecule has 4 rings (SSSR count). The summed E-state index contributed by atoms with van der Waals surface area (Å²) in [6.07, 6.45) is 1.83. The van der Waals surface area contributed by atoms with Gasteiger partial charge in [0.1, 0.15) is 17.5 Å². The van der Waals surface area contributed by atoms with Crippen molar-refractivity contribution in [2.45, 2.75) is 32.5 Å². The fraction of sp³-hybridized carbons (Fsp3) is 0.231. The summed E-state index contributed by atoms with van der Waals surface area (Å²) in [6, 6.07) is 17.1. The van der Waals surface area contributed by atoms with Gasteiger partial charge in [-0.2, -0.15) is 0 Å². The number of guanidine groups is 1. The van der Waals surface area contributed by atoms with E-state index in [0.29, 0.717) is 33.9 Å². The minimum atomic E-state index is -0.725. The molecule has 0 saturated heterocycles. The summed E-state index contributed by atoms with van der Waals surface area (Å²) in [5.41, 5.74) is 2.14. The molecule has 9 nitrogen and oxygen atoms in total. The van der Waals surface area contributed by atoms with Crippen molar-refractivity contribution in [3.8, 4) is 11.5 Å². The number of hydrogen-bond donors (Lipinski definition) is 3. The Morgan fingerprint density at radius 1 is 1.11 bits per heavy atom. The minimum Gasteiger partial charge on any atom is -0.456 e. The normalized spacial score (nSPS) is 15.3. The van der Waals surface area contributed by atoms with E-state index < -0.39 is 6.04 Å². The van der Waals surface area contributed by atoms with Gasteiger partial charge in [0.05, 0.1) is 31.6 Å². The van der Waals surface area contributed by atoms with Crippen molar-refractivity contribution in [3.63, 3.8) is 0 Å². The van der Waals surface area contributed by atoms with E-state index in [2.05, 4.69) is 20.6 Å². The zero-order valence-corrected chi connectivity index (χ0v) is 20.4. The Bertz CT molecular complexity index is 1230. The lowest BCUT2D eigenvalue weighted by Crippen LogP contribution is -2.56. The quantitative estimate of drug-likeness (QED) is 0.428. The molecule has 2 aromatic carbocycles. The van der Waals surface area contributed by atoms with Gasteiger partial charge < -0.3 is 20.5 Å². The van der Waals surface area contributed by atoms with Gasteiger partial charge in [0.2, 0.25) is 11.9 Å². The van der Waals surface area contributed by atoms with E-state index in [1.54, 1.807) is 49.5 Å². The molecule has 1 aliphatic heterocycles. The molecule has 36 heavy (non-hydrogen) atoms. The molecule has 1 aliphatic rings. The standard InChI is InChI=1S/C26H26ClN5O4/c1-2-24(34)31-23-14-29-26(32(25(23)35)15-17-3-5-18(27)6-4-17)30-19-7-10-21(11-8-19)36-22-12-9-20(16-33)28-13-22/h3-13,23,33H,2,14-16H2,1H3,(H,29,30)(H,31,34). The van der Waals surface area contributed by atoms with Crippen LogP contribution in [0.4, 0.5) is 5.69 Å². The van der Waals surface area contributed by atoms with Crippen molar-refractivity contribution in [2.75, 3.05) is 11.9 Å². The molecule has 0 bridgehead atoms. The summed E-state index contributed by atoms with van der Waals surface area (Å²) in [4.78, 5) is 35.4. The van der Waals surface area contributed by atoms with Crippen LogP contribution in [0.1, 0.15) is 24.6 Å². The van der Waals surface area contributed by atoms with Crippen molar-refractivity contribution >= 4 is 35.1 Å². The van der Waals surface area contributed by atoms with Crippen LogP contribution in [0, 0.1) is 0 Å². The van der Waals surface area contributed by atoms with Crippen LogP contribution < -0.4 is 15.4 Å². The molecular weight excluding hydrogens is 482 g/mol. The minimum absolute atomic E-state index is 0.131. The summed E-state index contributed by atoms with van der Waals surface area (Å²) >= 11 is 6.01. The average Bonchev–Trinajstić information content (AvgIpc) is 2.90. The molecule has 0 fully saturated rings. The number of carbonyl (C=O) groups excluding carboxylic acids is 2. The van der Waals surface area contributed by atoms with E-state index in [1.165, 1.54) is 4.90 Å². The Morgan fingerprint density at radius 2 is 1.83 bits per heavy atom. The summed E-state index contributed by atoms with van der Waals surface area (Å²) in [6.45, 7) is 2.01. The van der Waals surface area contributed by atoms with Gasteiger partial charge in [-0.25, -0.2) is 4.99 Å². The number of aliphatic hydroxyl groups excluding tert-OH is 1. The lowest BCUT2D eigenvalue weighted by molar-refractivity contribution is -0.133. The second kappa shape index (κ2) is 11.7. The highest BCUT2D eigenvalue weighted by atomic mass is 35.5. The zero-order valence-electron chi connectivity index (χ0n) is 19.6. The van der Waals surface area contributed by atoms with E-state index in [-0.39, 0.29) is 37.9 Å². The highest BCUT2D eigenvalue weighted by molar-refractivity contribution is 6.30. The van der Waals surface area contributed by atoms with Gasteiger partial charge in [-0.15, -0.1) is 0 Å². The fourth-order valence-corrected chi connectivity index (χ4v) is 3.63. The number of nitrogens with zero attached hydrogens (tertiary/aromatic N) is 3.